The summed E-state index contributed by atoms with van der Waals surface area (Å²) in [6.07, 6.45) is 0.654. The van der Waals surface area contributed by atoms with Crippen LogP contribution in [0, 0.1) is 4.77 Å². The van der Waals surface area contributed by atoms with Crippen molar-refractivity contribution in [3.63, 3.8) is 0 Å². The maximum atomic E-state index is 11.9. The van der Waals surface area contributed by atoms with E-state index in [4.69, 9.17) is 17.0 Å². The van der Waals surface area contributed by atoms with Gasteiger partial charge in [-0.3, -0.25) is 14.7 Å². The van der Waals surface area contributed by atoms with Crippen molar-refractivity contribution in [3.8, 4) is 11.5 Å². The fourth-order valence-corrected chi connectivity index (χ4v) is 2.94. The quantitative estimate of drug-likeness (QED) is 0.750. The lowest BCUT2D eigenvalue weighted by molar-refractivity contribution is 0.237. The number of aromatic nitrogens is 2. The number of ether oxygens (including phenoxy) is 1. The van der Waals surface area contributed by atoms with Gasteiger partial charge in [-0.25, -0.2) is 0 Å². The van der Waals surface area contributed by atoms with Gasteiger partial charge in [0.25, 0.3) is 5.56 Å². The van der Waals surface area contributed by atoms with Gasteiger partial charge in [0.05, 0.1) is 7.11 Å². The first-order valence-electron chi connectivity index (χ1n) is 6.99. The number of nitrogens with one attached hydrogen (secondary N) is 2. The van der Waals surface area contributed by atoms with Gasteiger partial charge < -0.3 is 14.8 Å². The number of methoxy groups -OCH3 is 1. The monoisotopic (exact) mass is 319 g/mol. The zero-order valence-corrected chi connectivity index (χ0v) is 13.0. The minimum absolute atomic E-state index is 0.109. The third-order valence-corrected chi connectivity index (χ3v) is 4.07. The van der Waals surface area contributed by atoms with E-state index in [1.807, 2.05) is 6.07 Å². The Hall–Kier alpha value is -2.12. The molecule has 1 aliphatic heterocycles. The van der Waals surface area contributed by atoms with Crippen molar-refractivity contribution in [3.05, 3.63) is 50.1 Å². The zero-order chi connectivity index (χ0) is 15.7. The van der Waals surface area contributed by atoms with Gasteiger partial charge in [-0.05, 0) is 36.8 Å². The number of benzene rings is 1. The van der Waals surface area contributed by atoms with Crippen molar-refractivity contribution in [2.75, 3.05) is 13.7 Å². The van der Waals surface area contributed by atoms with E-state index in [0.29, 0.717) is 30.0 Å². The van der Waals surface area contributed by atoms with Gasteiger partial charge in [0.2, 0.25) is 0 Å². The number of H-pyrrole nitrogens is 2. The highest BCUT2D eigenvalue weighted by molar-refractivity contribution is 7.71. The summed E-state index contributed by atoms with van der Waals surface area (Å²) in [7, 11) is 1.60. The van der Waals surface area contributed by atoms with Gasteiger partial charge in [0, 0.05) is 36.5 Å². The lowest BCUT2D eigenvalue weighted by atomic mass is 10.1. The van der Waals surface area contributed by atoms with Crippen molar-refractivity contribution in [2.45, 2.75) is 19.5 Å². The first-order valence-corrected chi connectivity index (χ1v) is 7.40. The van der Waals surface area contributed by atoms with Crippen molar-refractivity contribution in [2.24, 2.45) is 0 Å². The van der Waals surface area contributed by atoms with Crippen LogP contribution in [0.15, 0.2) is 23.0 Å². The van der Waals surface area contributed by atoms with Crippen LogP contribution in [0.4, 0.5) is 0 Å². The van der Waals surface area contributed by atoms with E-state index in [2.05, 4.69) is 14.9 Å². The Balaban J connectivity index is 1.84. The molecule has 0 spiro atoms. The predicted molar refractivity (Wildman–Crippen MR) is 84.7 cm³/mol. The van der Waals surface area contributed by atoms with E-state index in [-0.39, 0.29) is 11.3 Å². The molecule has 3 rings (SSSR count). The Bertz CT molecular complexity index is 812. The lowest BCUT2D eigenvalue weighted by Crippen LogP contribution is -2.34. The fraction of sp³-hybridized carbons (Fsp3) is 0.333. The van der Waals surface area contributed by atoms with Gasteiger partial charge in [-0.15, -0.1) is 0 Å². The highest BCUT2D eigenvalue weighted by Crippen LogP contribution is 2.25. The van der Waals surface area contributed by atoms with E-state index >= 15 is 0 Å². The molecule has 22 heavy (non-hydrogen) atoms. The maximum Gasteiger partial charge on any atom is 0.255 e. The molecule has 0 fully saturated rings. The molecule has 0 bridgehead atoms. The highest BCUT2D eigenvalue weighted by Gasteiger charge is 2.20. The van der Waals surface area contributed by atoms with E-state index in [0.717, 1.165) is 23.4 Å². The number of aromatic hydroxyl groups is 1. The summed E-state index contributed by atoms with van der Waals surface area (Å²) >= 11 is 5.02. The standard InChI is InChI=1S/C15H17N3O3S/c1-21-10-2-3-13(19)9(6-10)7-18-5-4-11-12(8-18)16-15(22)17-14(11)20/h2-3,6,19H,4-5,7-8H2,1H3,(H2,16,17,20,22). The Morgan fingerprint density at radius 1 is 1.41 bits per heavy atom. The number of fused-ring (bicyclic) bond motifs is 1. The molecule has 1 aliphatic rings. The number of phenolic OH excluding ortho intramolecular Hbond substituents is 1. The minimum atomic E-state index is -0.109. The molecular formula is C15H17N3O3S. The van der Waals surface area contributed by atoms with Crippen LogP contribution in [0.2, 0.25) is 0 Å². The molecule has 0 amide bonds. The summed E-state index contributed by atoms with van der Waals surface area (Å²) in [5, 5.41) is 9.98. The third kappa shape index (κ3) is 2.90. The average Bonchev–Trinajstić information content (AvgIpc) is 2.49. The summed E-state index contributed by atoms with van der Waals surface area (Å²) in [5.74, 6) is 0.950. The Morgan fingerprint density at radius 2 is 2.23 bits per heavy atom. The maximum absolute atomic E-state index is 11.9. The molecule has 6 nitrogen and oxygen atoms in total. The molecule has 1 aromatic heterocycles. The molecule has 0 saturated carbocycles. The van der Waals surface area contributed by atoms with E-state index in [9.17, 15) is 9.90 Å². The molecule has 0 atom stereocenters. The SMILES string of the molecule is COc1ccc(O)c(CN2CCc3c([nH]c(=S)[nH]c3=O)C2)c1. The highest BCUT2D eigenvalue weighted by atomic mass is 32.1. The van der Waals surface area contributed by atoms with Gasteiger partial charge >= 0.3 is 0 Å². The number of aromatic amines is 2. The molecule has 7 heteroatoms. The van der Waals surface area contributed by atoms with Gasteiger partial charge in [-0.1, -0.05) is 0 Å². The molecule has 3 N–H and O–H groups in total. The lowest BCUT2D eigenvalue weighted by Gasteiger charge is -2.28. The Labute approximate surface area is 132 Å². The Kier molecular flexibility index (Phi) is 4.00. The molecule has 0 aliphatic carbocycles. The fourth-order valence-electron chi connectivity index (χ4n) is 2.72. The van der Waals surface area contributed by atoms with Crippen LogP contribution in [-0.2, 0) is 19.5 Å². The first kappa shape index (κ1) is 14.8. The summed E-state index contributed by atoms with van der Waals surface area (Å²) in [5.41, 5.74) is 2.30. The van der Waals surface area contributed by atoms with Crippen LogP contribution in [0.1, 0.15) is 16.8 Å². The topological polar surface area (TPSA) is 81.3 Å². The van der Waals surface area contributed by atoms with E-state index in [1.165, 1.54) is 0 Å². The molecule has 0 saturated heterocycles. The van der Waals surface area contributed by atoms with Crippen LogP contribution >= 0.6 is 12.2 Å². The molecule has 2 heterocycles. The largest absolute Gasteiger partial charge is 0.508 e. The van der Waals surface area contributed by atoms with Gasteiger partial charge in [0.1, 0.15) is 11.5 Å². The molecule has 1 aromatic carbocycles. The first-order chi connectivity index (χ1) is 10.6. The molecule has 2 aromatic rings. The zero-order valence-electron chi connectivity index (χ0n) is 12.2. The van der Waals surface area contributed by atoms with Crippen LogP contribution in [0.25, 0.3) is 0 Å². The van der Waals surface area contributed by atoms with E-state index in [1.54, 1.807) is 19.2 Å². The predicted octanol–water partition coefficient (Wildman–Crippen LogP) is 1.70. The normalized spacial score (nSPS) is 14.6. The second-order valence-corrected chi connectivity index (χ2v) is 5.73. The molecule has 0 unspecified atom stereocenters. The van der Waals surface area contributed by atoms with Crippen LogP contribution < -0.4 is 10.3 Å². The van der Waals surface area contributed by atoms with Gasteiger partial charge in [0.15, 0.2) is 4.77 Å². The van der Waals surface area contributed by atoms with E-state index < -0.39 is 0 Å². The molecule has 0 radical (unpaired) electrons. The van der Waals surface area contributed by atoms with Crippen LogP contribution in [0.3, 0.4) is 0 Å². The summed E-state index contributed by atoms with van der Waals surface area (Å²) in [6.45, 7) is 1.92. The van der Waals surface area contributed by atoms with Gasteiger partial charge in [-0.2, -0.15) is 0 Å². The van der Waals surface area contributed by atoms with Crippen LogP contribution in [-0.4, -0.2) is 33.6 Å². The smallest absolute Gasteiger partial charge is 0.255 e. The number of rotatable bonds is 3. The van der Waals surface area contributed by atoms with Crippen molar-refractivity contribution >= 4 is 12.2 Å². The van der Waals surface area contributed by atoms with Crippen molar-refractivity contribution in [1.82, 2.24) is 14.9 Å². The summed E-state index contributed by atoms with van der Waals surface area (Å²) in [4.78, 5) is 19.7. The number of hydrogen-bond donors (Lipinski definition) is 3. The number of phenols is 1. The molecular weight excluding hydrogens is 302 g/mol. The second-order valence-electron chi connectivity index (χ2n) is 5.32. The molecule has 116 valence electrons. The van der Waals surface area contributed by atoms with Crippen molar-refractivity contribution in [1.29, 1.82) is 0 Å². The number of hydrogen-bond acceptors (Lipinski definition) is 5. The van der Waals surface area contributed by atoms with Crippen molar-refractivity contribution < 1.29 is 9.84 Å². The second kappa shape index (κ2) is 5.94. The third-order valence-electron chi connectivity index (χ3n) is 3.87. The van der Waals surface area contributed by atoms with Crippen LogP contribution in [0.5, 0.6) is 11.5 Å². The average molecular weight is 319 g/mol. The summed E-state index contributed by atoms with van der Waals surface area (Å²) in [6, 6.07) is 5.18. The Morgan fingerprint density at radius 3 is 3.00 bits per heavy atom. The number of nitrogens with zero attached hydrogens (tertiary/aromatic N) is 1. The summed E-state index contributed by atoms with van der Waals surface area (Å²) < 4.78 is 5.53. The minimum Gasteiger partial charge on any atom is -0.508 e.